The van der Waals surface area contributed by atoms with Gasteiger partial charge in [-0.15, -0.1) is 0 Å². The van der Waals surface area contributed by atoms with Gasteiger partial charge in [-0.2, -0.15) is 0 Å². The van der Waals surface area contributed by atoms with Gasteiger partial charge in [0.1, 0.15) is 13.2 Å². The van der Waals surface area contributed by atoms with Crippen molar-refractivity contribution in [2.45, 2.75) is 54.0 Å². The van der Waals surface area contributed by atoms with Crippen LogP contribution in [0.4, 0.5) is 21.0 Å². The lowest BCUT2D eigenvalue weighted by Gasteiger charge is -2.18. The van der Waals surface area contributed by atoms with E-state index in [4.69, 9.17) is 19.9 Å². The lowest BCUT2D eigenvalue weighted by Crippen LogP contribution is -2.21. The molecule has 14 heteroatoms. The molecule has 0 heterocycles. The molecule has 0 unspecified atom stereocenters. The molecule has 6 rings (SSSR count). The van der Waals surface area contributed by atoms with E-state index >= 15 is 0 Å². The van der Waals surface area contributed by atoms with Crippen LogP contribution in [0.15, 0.2) is 121 Å². The Morgan fingerprint density at radius 2 is 0.758 bits per heavy atom. The summed E-state index contributed by atoms with van der Waals surface area (Å²) in [5.41, 5.74) is 8.99. The number of carbonyl (C=O) groups is 4. The molecular weight excluding hydrogens is 789 g/mol. The standard InChI is InChI=1S/2C24H27N3O4/c2*1-3-27(4-2)15-17-5-7-21-14-18(6-8-20(21)13-17)16-31-24(29)25-22-11-9-19(10-12-22)23(28)26-30/h2*5-14,30H,3-4,15-16H2,1-2H3,(H,25,29)(H,26,28). The van der Waals surface area contributed by atoms with Crippen LogP contribution < -0.4 is 21.6 Å². The molecular formula is C48H54N6O8. The molecule has 0 aliphatic rings. The first-order valence-electron chi connectivity index (χ1n) is 20.5. The average Bonchev–Trinajstić information content (AvgIpc) is 3.31. The smallest absolute Gasteiger partial charge is 0.411 e. The highest BCUT2D eigenvalue weighted by Gasteiger charge is 2.10. The van der Waals surface area contributed by atoms with Gasteiger partial charge in [-0.1, -0.05) is 76.2 Å². The van der Waals surface area contributed by atoms with Crippen LogP contribution in [-0.2, 0) is 35.8 Å². The lowest BCUT2D eigenvalue weighted by molar-refractivity contribution is 0.0702. The largest absolute Gasteiger partial charge is 0.444 e. The van der Waals surface area contributed by atoms with Crippen molar-refractivity contribution in [3.63, 3.8) is 0 Å². The molecule has 324 valence electrons. The Kier molecular flexibility index (Phi) is 17.3. The van der Waals surface area contributed by atoms with Crippen molar-refractivity contribution in [1.29, 1.82) is 0 Å². The first-order chi connectivity index (χ1) is 30.0. The van der Waals surface area contributed by atoms with Crippen molar-refractivity contribution < 1.29 is 39.1 Å². The second-order valence-electron chi connectivity index (χ2n) is 14.4. The molecule has 62 heavy (non-hydrogen) atoms. The Balaban J connectivity index is 0.000000234. The minimum atomic E-state index is -0.620. The molecule has 0 aliphatic heterocycles. The Morgan fingerprint density at radius 3 is 1.06 bits per heavy atom. The fourth-order valence-corrected chi connectivity index (χ4v) is 6.62. The van der Waals surface area contributed by atoms with Crippen LogP contribution in [-0.4, -0.2) is 70.4 Å². The lowest BCUT2D eigenvalue weighted by atomic mass is 10.0. The highest BCUT2D eigenvalue weighted by Crippen LogP contribution is 2.22. The van der Waals surface area contributed by atoms with Crippen LogP contribution in [0.2, 0.25) is 0 Å². The fourth-order valence-electron chi connectivity index (χ4n) is 6.62. The number of rotatable bonds is 16. The van der Waals surface area contributed by atoms with E-state index in [-0.39, 0.29) is 24.3 Å². The SMILES string of the molecule is CCN(CC)Cc1ccc2cc(COC(=O)Nc3ccc(C(=O)NO)cc3)ccc2c1.CCN(CC)Cc1ccc2cc(COC(=O)Nc3ccc(C(=O)NO)cc3)ccc2c1. The Bertz CT molecular complexity index is 2260. The number of nitrogens with one attached hydrogen (secondary N) is 4. The van der Waals surface area contributed by atoms with Gasteiger partial charge < -0.3 is 9.47 Å². The number of hydrogen-bond donors (Lipinski definition) is 6. The number of fused-ring (bicyclic) bond motifs is 2. The number of carbonyl (C=O) groups excluding carboxylic acids is 4. The summed E-state index contributed by atoms with van der Waals surface area (Å²) in [4.78, 5) is 51.5. The summed E-state index contributed by atoms with van der Waals surface area (Å²) in [6.45, 7) is 14.9. The van der Waals surface area contributed by atoms with E-state index in [1.165, 1.54) is 35.4 Å². The first-order valence-corrected chi connectivity index (χ1v) is 20.5. The van der Waals surface area contributed by atoms with Crippen LogP contribution in [0.5, 0.6) is 0 Å². The van der Waals surface area contributed by atoms with Gasteiger partial charge in [0, 0.05) is 35.6 Å². The van der Waals surface area contributed by atoms with Crippen molar-refractivity contribution in [1.82, 2.24) is 20.8 Å². The summed E-state index contributed by atoms with van der Waals surface area (Å²) < 4.78 is 10.6. The van der Waals surface area contributed by atoms with E-state index in [0.717, 1.165) is 71.9 Å². The van der Waals surface area contributed by atoms with Gasteiger partial charge in [-0.25, -0.2) is 20.5 Å². The van der Waals surface area contributed by atoms with E-state index in [1.54, 1.807) is 35.2 Å². The van der Waals surface area contributed by atoms with E-state index in [0.29, 0.717) is 11.4 Å². The first kappa shape index (κ1) is 46.2. The fraction of sp³-hybridized carbons (Fsp3) is 0.250. The Labute approximate surface area is 361 Å². The zero-order valence-electron chi connectivity index (χ0n) is 35.4. The maximum Gasteiger partial charge on any atom is 0.411 e. The van der Waals surface area contributed by atoms with Crippen molar-refractivity contribution in [2.75, 3.05) is 36.8 Å². The molecule has 0 bridgehead atoms. The van der Waals surface area contributed by atoms with E-state index in [1.807, 2.05) is 36.4 Å². The predicted molar refractivity (Wildman–Crippen MR) is 240 cm³/mol. The van der Waals surface area contributed by atoms with Crippen molar-refractivity contribution in [2.24, 2.45) is 0 Å². The van der Waals surface area contributed by atoms with Gasteiger partial charge in [-0.3, -0.25) is 40.4 Å². The third-order valence-electron chi connectivity index (χ3n) is 10.3. The number of hydroxylamine groups is 2. The van der Waals surface area contributed by atoms with Crippen molar-refractivity contribution in [3.05, 3.63) is 155 Å². The van der Waals surface area contributed by atoms with E-state index < -0.39 is 24.0 Å². The molecule has 0 saturated heterocycles. The van der Waals surface area contributed by atoms with Crippen LogP contribution in [0.25, 0.3) is 21.5 Å². The zero-order valence-corrected chi connectivity index (χ0v) is 35.4. The summed E-state index contributed by atoms with van der Waals surface area (Å²) in [5, 5.41) is 27.0. The molecule has 6 aromatic rings. The molecule has 0 saturated carbocycles. The quantitative estimate of drug-likeness (QED) is 0.0406. The topological polar surface area (TPSA) is 182 Å². The minimum Gasteiger partial charge on any atom is -0.444 e. The molecule has 0 fully saturated rings. The molecule has 0 atom stereocenters. The summed E-state index contributed by atoms with van der Waals surface area (Å²) in [5.74, 6) is -1.24. The Morgan fingerprint density at radius 1 is 0.452 bits per heavy atom. The molecule has 6 aromatic carbocycles. The highest BCUT2D eigenvalue weighted by molar-refractivity contribution is 5.95. The third-order valence-corrected chi connectivity index (χ3v) is 10.3. The maximum atomic E-state index is 12.1. The minimum absolute atomic E-state index is 0.147. The second-order valence-corrected chi connectivity index (χ2v) is 14.4. The van der Waals surface area contributed by atoms with Gasteiger partial charge in [0.25, 0.3) is 11.8 Å². The van der Waals surface area contributed by atoms with Crippen molar-refractivity contribution >= 4 is 56.9 Å². The normalized spacial score (nSPS) is 10.8. The van der Waals surface area contributed by atoms with Crippen LogP contribution in [0, 0.1) is 0 Å². The van der Waals surface area contributed by atoms with Gasteiger partial charge in [0.05, 0.1) is 0 Å². The van der Waals surface area contributed by atoms with E-state index in [2.05, 4.69) is 84.5 Å². The predicted octanol–water partition coefficient (Wildman–Crippen LogP) is 9.10. The summed E-state index contributed by atoms with van der Waals surface area (Å²) in [6.07, 6.45) is -1.18. The zero-order chi connectivity index (χ0) is 44.4. The van der Waals surface area contributed by atoms with Gasteiger partial charge in [0.15, 0.2) is 0 Å². The number of nitrogens with zero attached hydrogens (tertiary/aromatic N) is 2. The number of anilines is 2. The van der Waals surface area contributed by atoms with Crippen LogP contribution in [0.3, 0.4) is 0 Å². The maximum absolute atomic E-state index is 12.1. The number of benzene rings is 6. The number of amides is 4. The molecule has 6 N–H and O–H groups in total. The molecule has 14 nitrogen and oxygen atoms in total. The molecule has 0 aromatic heterocycles. The molecule has 0 radical (unpaired) electrons. The van der Waals surface area contributed by atoms with Gasteiger partial charge in [-0.05, 0) is 143 Å². The second kappa shape index (κ2) is 23.2. The monoisotopic (exact) mass is 842 g/mol. The molecule has 0 spiro atoms. The molecule has 4 amide bonds. The summed E-state index contributed by atoms with van der Waals surface area (Å²) in [6, 6.07) is 37.1. The van der Waals surface area contributed by atoms with Gasteiger partial charge >= 0.3 is 12.2 Å². The van der Waals surface area contributed by atoms with Crippen LogP contribution in [0.1, 0.15) is 70.7 Å². The average molecular weight is 843 g/mol. The van der Waals surface area contributed by atoms with Gasteiger partial charge in [0.2, 0.25) is 0 Å². The summed E-state index contributed by atoms with van der Waals surface area (Å²) in [7, 11) is 0. The van der Waals surface area contributed by atoms with Crippen LogP contribution >= 0.6 is 0 Å². The Hall–Kier alpha value is -6.84. The number of ether oxygens (including phenoxy) is 2. The number of hydrogen-bond acceptors (Lipinski definition) is 10. The summed E-state index contributed by atoms with van der Waals surface area (Å²) >= 11 is 0. The highest BCUT2D eigenvalue weighted by atomic mass is 16.6. The van der Waals surface area contributed by atoms with Crippen molar-refractivity contribution in [3.8, 4) is 0 Å². The third kappa shape index (κ3) is 13.6. The molecule has 0 aliphatic carbocycles. The van der Waals surface area contributed by atoms with E-state index in [9.17, 15) is 19.2 Å².